The number of nitrogens with two attached hydrogens (primary N) is 1. The van der Waals surface area contributed by atoms with Crippen LogP contribution in [0.25, 0.3) is 11.4 Å². The average Bonchev–Trinajstić information content (AvgIpc) is 2.38. The maximum absolute atomic E-state index is 11.4. The third-order valence-electron chi connectivity index (χ3n) is 2.36. The molecule has 7 nitrogen and oxygen atoms in total. The maximum atomic E-state index is 11.4. The lowest BCUT2D eigenvalue weighted by atomic mass is 10.2. The zero-order valence-electron chi connectivity index (χ0n) is 9.29. The SMILES string of the molecule is NCc1cc(=O)[nH]c(-c2ccc([N+](=O)[O-])cc2)n1. The van der Waals surface area contributed by atoms with Gasteiger partial charge in [-0.1, -0.05) is 0 Å². The molecular weight excluding hydrogens is 236 g/mol. The largest absolute Gasteiger partial charge is 0.325 e. The van der Waals surface area contributed by atoms with Crippen molar-refractivity contribution in [1.29, 1.82) is 0 Å². The molecule has 0 saturated heterocycles. The van der Waals surface area contributed by atoms with Crippen LogP contribution in [0.2, 0.25) is 0 Å². The normalized spacial score (nSPS) is 10.3. The minimum atomic E-state index is -0.490. The molecule has 7 heteroatoms. The van der Waals surface area contributed by atoms with Crippen molar-refractivity contribution in [2.75, 3.05) is 0 Å². The maximum Gasteiger partial charge on any atom is 0.269 e. The van der Waals surface area contributed by atoms with E-state index < -0.39 is 4.92 Å². The number of nitrogens with one attached hydrogen (secondary N) is 1. The Morgan fingerprint density at radius 3 is 2.56 bits per heavy atom. The molecule has 1 aromatic carbocycles. The highest BCUT2D eigenvalue weighted by Gasteiger charge is 2.07. The Hall–Kier alpha value is -2.54. The molecule has 1 aromatic heterocycles. The minimum Gasteiger partial charge on any atom is -0.325 e. The van der Waals surface area contributed by atoms with E-state index in [0.717, 1.165) is 0 Å². The molecule has 0 bridgehead atoms. The molecule has 0 aliphatic carbocycles. The highest BCUT2D eigenvalue weighted by molar-refractivity contribution is 5.57. The number of benzene rings is 1. The monoisotopic (exact) mass is 246 g/mol. The Morgan fingerprint density at radius 1 is 1.33 bits per heavy atom. The van der Waals surface area contributed by atoms with Crippen LogP contribution in [-0.4, -0.2) is 14.9 Å². The molecule has 0 aliphatic rings. The number of nitro benzene ring substituents is 1. The van der Waals surface area contributed by atoms with E-state index >= 15 is 0 Å². The lowest BCUT2D eigenvalue weighted by Gasteiger charge is -2.02. The Balaban J connectivity index is 2.45. The van der Waals surface area contributed by atoms with Crippen molar-refractivity contribution < 1.29 is 4.92 Å². The number of nitrogens with zero attached hydrogens (tertiary/aromatic N) is 2. The van der Waals surface area contributed by atoms with E-state index in [9.17, 15) is 14.9 Å². The van der Waals surface area contributed by atoms with Crippen LogP contribution >= 0.6 is 0 Å². The summed E-state index contributed by atoms with van der Waals surface area (Å²) >= 11 is 0. The number of aromatic nitrogens is 2. The lowest BCUT2D eigenvalue weighted by Crippen LogP contribution is -2.12. The van der Waals surface area contributed by atoms with Gasteiger partial charge in [-0.15, -0.1) is 0 Å². The van der Waals surface area contributed by atoms with E-state index in [-0.39, 0.29) is 17.8 Å². The highest BCUT2D eigenvalue weighted by atomic mass is 16.6. The van der Waals surface area contributed by atoms with Gasteiger partial charge in [-0.25, -0.2) is 4.98 Å². The summed E-state index contributed by atoms with van der Waals surface area (Å²) in [6.45, 7) is 0.157. The molecule has 3 N–H and O–H groups in total. The predicted octanol–water partition coefficient (Wildman–Crippen LogP) is 0.804. The summed E-state index contributed by atoms with van der Waals surface area (Å²) in [5.74, 6) is 0.345. The molecule has 1 heterocycles. The van der Waals surface area contributed by atoms with Gasteiger partial charge < -0.3 is 10.7 Å². The van der Waals surface area contributed by atoms with Gasteiger partial charge in [-0.05, 0) is 12.1 Å². The fourth-order valence-electron chi connectivity index (χ4n) is 1.49. The van der Waals surface area contributed by atoms with Crippen molar-refractivity contribution >= 4 is 5.69 Å². The summed E-state index contributed by atoms with van der Waals surface area (Å²) < 4.78 is 0. The summed E-state index contributed by atoms with van der Waals surface area (Å²) in [7, 11) is 0. The first-order valence-electron chi connectivity index (χ1n) is 5.15. The van der Waals surface area contributed by atoms with Crippen LogP contribution < -0.4 is 11.3 Å². The highest BCUT2D eigenvalue weighted by Crippen LogP contribution is 2.18. The predicted molar refractivity (Wildman–Crippen MR) is 64.8 cm³/mol. The molecule has 18 heavy (non-hydrogen) atoms. The zero-order chi connectivity index (χ0) is 13.1. The van der Waals surface area contributed by atoms with E-state index in [1.165, 1.54) is 30.3 Å². The minimum absolute atomic E-state index is 0.0175. The Labute approximate surface area is 101 Å². The van der Waals surface area contributed by atoms with Crippen molar-refractivity contribution in [3.05, 3.63) is 56.5 Å². The Bertz CT molecular complexity index is 633. The molecule has 0 atom stereocenters. The van der Waals surface area contributed by atoms with E-state index in [1.54, 1.807) is 0 Å². The first-order chi connectivity index (χ1) is 8.60. The molecule has 2 rings (SSSR count). The third-order valence-corrected chi connectivity index (χ3v) is 2.36. The molecule has 0 saturated carbocycles. The quantitative estimate of drug-likeness (QED) is 0.614. The number of hydrogen-bond acceptors (Lipinski definition) is 5. The molecule has 0 radical (unpaired) electrons. The fraction of sp³-hybridized carbons (Fsp3) is 0.0909. The van der Waals surface area contributed by atoms with Crippen molar-refractivity contribution in [2.24, 2.45) is 5.73 Å². The van der Waals surface area contributed by atoms with Gasteiger partial charge in [0.1, 0.15) is 5.82 Å². The van der Waals surface area contributed by atoms with Crippen molar-refractivity contribution in [2.45, 2.75) is 6.54 Å². The molecule has 92 valence electrons. The molecule has 0 unspecified atom stereocenters. The van der Waals surface area contributed by atoms with Gasteiger partial charge in [-0.3, -0.25) is 14.9 Å². The summed E-state index contributed by atoms with van der Waals surface area (Å²) in [5, 5.41) is 10.5. The van der Waals surface area contributed by atoms with Crippen LogP contribution in [0.3, 0.4) is 0 Å². The van der Waals surface area contributed by atoms with Crippen LogP contribution in [0.15, 0.2) is 35.1 Å². The van der Waals surface area contributed by atoms with E-state index in [0.29, 0.717) is 17.1 Å². The standard InChI is InChI=1S/C11H10N4O3/c12-6-8-5-10(16)14-11(13-8)7-1-3-9(4-2-7)15(17)18/h1-5H,6,12H2,(H,13,14,16). The van der Waals surface area contributed by atoms with Gasteiger partial charge >= 0.3 is 0 Å². The summed E-state index contributed by atoms with van der Waals surface area (Å²) in [4.78, 5) is 28.1. The van der Waals surface area contributed by atoms with Crippen molar-refractivity contribution in [3.63, 3.8) is 0 Å². The van der Waals surface area contributed by atoms with Crippen LogP contribution in [0.4, 0.5) is 5.69 Å². The number of nitro groups is 1. The first-order valence-corrected chi connectivity index (χ1v) is 5.15. The van der Waals surface area contributed by atoms with Crippen LogP contribution in [-0.2, 0) is 6.54 Å². The van der Waals surface area contributed by atoms with Crippen molar-refractivity contribution in [3.8, 4) is 11.4 Å². The number of aromatic amines is 1. The lowest BCUT2D eigenvalue weighted by molar-refractivity contribution is -0.384. The molecule has 2 aromatic rings. The van der Waals surface area contributed by atoms with Gasteiger partial charge in [-0.2, -0.15) is 0 Å². The fourth-order valence-corrected chi connectivity index (χ4v) is 1.49. The van der Waals surface area contributed by atoms with E-state index in [2.05, 4.69) is 9.97 Å². The summed E-state index contributed by atoms with van der Waals surface area (Å²) in [5.41, 5.74) is 6.16. The second-order valence-corrected chi connectivity index (χ2v) is 3.59. The van der Waals surface area contributed by atoms with Crippen LogP contribution in [0.1, 0.15) is 5.69 Å². The van der Waals surface area contributed by atoms with Crippen LogP contribution in [0, 0.1) is 10.1 Å². The molecule has 0 spiro atoms. The topological polar surface area (TPSA) is 115 Å². The molecule has 0 aliphatic heterocycles. The molecular formula is C11H10N4O3. The van der Waals surface area contributed by atoms with Gasteiger partial charge in [0.2, 0.25) is 0 Å². The second-order valence-electron chi connectivity index (χ2n) is 3.59. The smallest absolute Gasteiger partial charge is 0.269 e. The Morgan fingerprint density at radius 2 is 2.00 bits per heavy atom. The van der Waals surface area contributed by atoms with Crippen molar-refractivity contribution in [1.82, 2.24) is 9.97 Å². The van der Waals surface area contributed by atoms with Crippen LogP contribution in [0.5, 0.6) is 0 Å². The molecule has 0 amide bonds. The number of non-ortho nitro benzene ring substituents is 1. The average molecular weight is 246 g/mol. The van der Waals surface area contributed by atoms with Gasteiger partial charge in [0, 0.05) is 30.3 Å². The number of H-pyrrole nitrogens is 1. The van der Waals surface area contributed by atoms with E-state index in [4.69, 9.17) is 5.73 Å². The Kier molecular flexibility index (Phi) is 3.16. The zero-order valence-corrected chi connectivity index (χ0v) is 9.29. The summed E-state index contributed by atoms with van der Waals surface area (Å²) in [6.07, 6.45) is 0. The second kappa shape index (κ2) is 4.76. The first kappa shape index (κ1) is 11.9. The summed E-state index contributed by atoms with van der Waals surface area (Å²) in [6, 6.07) is 7.07. The van der Waals surface area contributed by atoms with Gasteiger partial charge in [0.25, 0.3) is 11.2 Å². The van der Waals surface area contributed by atoms with Gasteiger partial charge in [0.15, 0.2) is 0 Å². The number of rotatable bonds is 3. The molecule has 0 fully saturated rings. The van der Waals surface area contributed by atoms with Gasteiger partial charge in [0.05, 0.1) is 10.6 Å². The number of hydrogen-bond donors (Lipinski definition) is 2. The van der Waals surface area contributed by atoms with E-state index in [1.807, 2.05) is 0 Å². The third kappa shape index (κ3) is 2.41.